The van der Waals surface area contributed by atoms with Crippen LogP contribution in [0.2, 0.25) is 0 Å². The van der Waals surface area contributed by atoms with Crippen molar-refractivity contribution in [3.8, 4) is 17.6 Å². The van der Waals surface area contributed by atoms with Gasteiger partial charge in [-0.25, -0.2) is 4.98 Å². The fraction of sp³-hybridized carbons (Fsp3) is 0.409. The van der Waals surface area contributed by atoms with Crippen LogP contribution in [-0.2, 0) is 0 Å². The fourth-order valence-electron chi connectivity index (χ4n) is 2.98. The van der Waals surface area contributed by atoms with Crippen LogP contribution in [0, 0.1) is 11.3 Å². The molecule has 9 heteroatoms. The third kappa shape index (κ3) is 4.98. The van der Waals surface area contributed by atoms with Crippen molar-refractivity contribution in [2.24, 2.45) is 5.73 Å². The first-order valence-corrected chi connectivity index (χ1v) is 10.0. The lowest BCUT2D eigenvalue weighted by molar-refractivity contribution is 0.395. The van der Waals surface area contributed by atoms with Gasteiger partial charge in [-0.1, -0.05) is 13.8 Å². The Morgan fingerprint density at radius 1 is 1.16 bits per heavy atom. The molecule has 164 valence electrons. The first-order chi connectivity index (χ1) is 14.6. The van der Waals surface area contributed by atoms with Crippen LogP contribution in [0.5, 0.6) is 11.5 Å². The van der Waals surface area contributed by atoms with E-state index in [1.165, 1.54) is 0 Å². The van der Waals surface area contributed by atoms with Crippen molar-refractivity contribution in [2.75, 3.05) is 31.4 Å². The second kappa shape index (κ2) is 8.70. The molecule has 0 atom stereocenters. The largest absolute Gasteiger partial charge is 0.497 e. The lowest BCUT2D eigenvalue weighted by Crippen LogP contribution is -2.40. The maximum atomic E-state index is 9.89. The third-order valence-corrected chi connectivity index (χ3v) is 4.65. The molecule has 3 aromatic rings. The van der Waals surface area contributed by atoms with Gasteiger partial charge < -0.3 is 25.8 Å². The van der Waals surface area contributed by atoms with E-state index in [0.29, 0.717) is 40.8 Å². The number of nitriles is 1. The summed E-state index contributed by atoms with van der Waals surface area (Å²) in [6.45, 7) is 8.52. The van der Waals surface area contributed by atoms with Crippen molar-refractivity contribution in [1.29, 1.82) is 5.26 Å². The quantitative estimate of drug-likeness (QED) is 0.502. The summed E-state index contributed by atoms with van der Waals surface area (Å²) in [6, 6.07) is 9.55. The molecule has 0 aliphatic rings. The predicted molar refractivity (Wildman–Crippen MR) is 121 cm³/mol. The molecule has 0 saturated heterocycles. The number of rotatable bonds is 8. The average Bonchev–Trinajstić information content (AvgIpc) is 3.07. The Morgan fingerprint density at radius 2 is 1.81 bits per heavy atom. The SMILES string of the molecule is COc1cc(Nc2nn3c(NCC(C)(C)N)cc(C(C)C)nc3c2C#N)cc(OC)c1. The molecule has 1 aromatic carbocycles. The summed E-state index contributed by atoms with van der Waals surface area (Å²) in [5.41, 5.74) is 8.09. The van der Waals surface area contributed by atoms with Crippen molar-refractivity contribution in [1.82, 2.24) is 14.6 Å². The number of hydrogen-bond acceptors (Lipinski definition) is 8. The van der Waals surface area contributed by atoms with Crippen LogP contribution in [0.4, 0.5) is 17.3 Å². The van der Waals surface area contributed by atoms with Gasteiger partial charge in [0.1, 0.15) is 28.9 Å². The van der Waals surface area contributed by atoms with Gasteiger partial charge >= 0.3 is 0 Å². The Labute approximate surface area is 182 Å². The van der Waals surface area contributed by atoms with Crippen molar-refractivity contribution in [2.45, 2.75) is 39.2 Å². The summed E-state index contributed by atoms with van der Waals surface area (Å²) < 4.78 is 12.3. The van der Waals surface area contributed by atoms with E-state index >= 15 is 0 Å². The topological polar surface area (TPSA) is 123 Å². The van der Waals surface area contributed by atoms with Crippen LogP contribution in [0.15, 0.2) is 24.3 Å². The lowest BCUT2D eigenvalue weighted by atomic mass is 10.1. The summed E-state index contributed by atoms with van der Waals surface area (Å²) in [5.74, 6) is 2.53. The Morgan fingerprint density at radius 3 is 2.32 bits per heavy atom. The Balaban J connectivity index is 2.12. The standard InChI is InChI=1S/C22H29N7O2/c1-13(2)18-10-19(25-12-22(3,4)24)29-21(27-18)17(11-23)20(28-29)26-14-7-15(30-5)9-16(8-14)31-6/h7-10,13,25H,12,24H2,1-6H3,(H,26,28). The van der Waals surface area contributed by atoms with Gasteiger partial charge in [0.15, 0.2) is 11.5 Å². The normalized spacial score (nSPS) is 11.5. The molecule has 9 nitrogen and oxygen atoms in total. The van der Waals surface area contributed by atoms with Crippen LogP contribution in [0.25, 0.3) is 5.65 Å². The maximum Gasteiger partial charge on any atom is 0.177 e. The Kier molecular flexibility index (Phi) is 6.22. The molecule has 4 N–H and O–H groups in total. The molecule has 0 radical (unpaired) electrons. The van der Waals surface area contributed by atoms with E-state index < -0.39 is 5.54 Å². The van der Waals surface area contributed by atoms with Crippen LogP contribution in [-0.4, -0.2) is 40.9 Å². The van der Waals surface area contributed by atoms with Gasteiger partial charge in [-0.2, -0.15) is 9.78 Å². The first-order valence-electron chi connectivity index (χ1n) is 10.0. The van der Waals surface area contributed by atoms with E-state index in [1.807, 2.05) is 19.9 Å². The van der Waals surface area contributed by atoms with Gasteiger partial charge in [0.2, 0.25) is 0 Å². The number of nitrogens with two attached hydrogens (primary N) is 1. The molecule has 0 saturated carbocycles. The smallest absolute Gasteiger partial charge is 0.177 e. The molecule has 0 bridgehead atoms. The zero-order valence-electron chi connectivity index (χ0n) is 18.8. The molecular formula is C22H29N7O2. The number of aromatic nitrogens is 3. The molecule has 0 aliphatic heterocycles. The Bertz CT molecular complexity index is 1100. The number of nitrogens with one attached hydrogen (secondary N) is 2. The highest BCUT2D eigenvalue weighted by Gasteiger charge is 2.20. The minimum atomic E-state index is -0.420. The minimum absolute atomic E-state index is 0.178. The second-order valence-electron chi connectivity index (χ2n) is 8.36. The van der Waals surface area contributed by atoms with Crippen molar-refractivity contribution in [3.05, 3.63) is 35.5 Å². The summed E-state index contributed by atoms with van der Waals surface area (Å²) in [6.07, 6.45) is 0. The summed E-state index contributed by atoms with van der Waals surface area (Å²) in [4.78, 5) is 4.70. The third-order valence-electron chi connectivity index (χ3n) is 4.65. The van der Waals surface area contributed by atoms with Gasteiger partial charge in [-0.05, 0) is 19.8 Å². The second-order valence-corrected chi connectivity index (χ2v) is 8.36. The highest BCUT2D eigenvalue weighted by atomic mass is 16.5. The molecular weight excluding hydrogens is 394 g/mol. The lowest BCUT2D eigenvalue weighted by Gasteiger charge is -2.20. The van der Waals surface area contributed by atoms with Gasteiger partial charge in [0, 0.05) is 47.7 Å². The van der Waals surface area contributed by atoms with Crippen LogP contribution >= 0.6 is 0 Å². The highest BCUT2D eigenvalue weighted by molar-refractivity contribution is 5.74. The molecule has 3 rings (SSSR count). The molecule has 0 aliphatic carbocycles. The monoisotopic (exact) mass is 423 g/mol. The average molecular weight is 424 g/mol. The number of benzene rings is 1. The van der Waals surface area contributed by atoms with Crippen molar-refractivity contribution in [3.63, 3.8) is 0 Å². The fourth-order valence-corrected chi connectivity index (χ4v) is 2.98. The molecule has 31 heavy (non-hydrogen) atoms. The molecule has 0 amide bonds. The number of anilines is 3. The van der Waals surface area contributed by atoms with Gasteiger partial charge in [0.05, 0.1) is 14.2 Å². The zero-order valence-corrected chi connectivity index (χ0v) is 18.8. The maximum absolute atomic E-state index is 9.89. The van der Waals surface area contributed by atoms with E-state index in [1.54, 1.807) is 36.9 Å². The summed E-state index contributed by atoms with van der Waals surface area (Å²) in [7, 11) is 3.16. The van der Waals surface area contributed by atoms with Crippen LogP contribution in [0.3, 0.4) is 0 Å². The van der Waals surface area contributed by atoms with E-state index in [0.717, 1.165) is 11.5 Å². The molecule has 0 fully saturated rings. The predicted octanol–water partition coefficient (Wildman–Crippen LogP) is 3.63. The molecule has 2 aromatic heterocycles. The van der Waals surface area contributed by atoms with E-state index in [9.17, 15) is 5.26 Å². The molecule has 0 unspecified atom stereocenters. The number of ether oxygens (including phenoxy) is 2. The minimum Gasteiger partial charge on any atom is -0.497 e. The van der Waals surface area contributed by atoms with Gasteiger partial charge in [0.25, 0.3) is 0 Å². The number of fused-ring (bicyclic) bond motifs is 1. The van der Waals surface area contributed by atoms with Crippen molar-refractivity contribution >= 4 is 23.0 Å². The van der Waals surface area contributed by atoms with Crippen LogP contribution < -0.4 is 25.8 Å². The van der Waals surface area contributed by atoms with E-state index in [2.05, 4.69) is 35.6 Å². The highest BCUT2D eigenvalue weighted by Crippen LogP contribution is 2.31. The van der Waals surface area contributed by atoms with Gasteiger partial charge in [-0.3, -0.25) is 0 Å². The Hall–Kier alpha value is -3.51. The first kappa shape index (κ1) is 22.2. The molecule has 2 heterocycles. The summed E-state index contributed by atoms with van der Waals surface area (Å²) >= 11 is 0. The van der Waals surface area contributed by atoms with Gasteiger partial charge in [-0.15, -0.1) is 5.10 Å². The van der Waals surface area contributed by atoms with E-state index in [-0.39, 0.29) is 5.92 Å². The van der Waals surface area contributed by atoms with Crippen molar-refractivity contribution < 1.29 is 9.47 Å². The van der Waals surface area contributed by atoms with E-state index in [4.69, 9.17) is 20.2 Å². The zero-order chi connectivity index (χ0) is 22.8. The number of hydrogen-bond donors (Lipinski definition) is 3. The molecule has 0 spiro atoms. The van der Waals surface area contributed by atoms with Crippen LogP contribution in [0.1, 0.15) is 44.9 Å². The summed E-state index contributed by atoms with van der Waals surface area (Å²) in [5, 5.41) is 21.1. The number of nitrogens with zero attached hydrogens (tertiary/aromatic N) is 4. The number of methoxy groups -OCH3 is 2.